The number of aromatic carboxylic acids is 1. The van der Waals surface area contributed by atoms with Crippen LogP contribution < -0.4 is 0 Å². The third kappa shape index (κ3) is 2.92. The molecule has 2 N–H and O–H groups in total. The van der Waals surface area contributed by atoms with E-state index in [0.717, 1.165) is 41.3 Å². The van der Waals surface area contributed by atoms with Gasteiger partial charge in [0.05, 0.1) is 5.56 Å². The van der Waals surface area contributed by atoms with Gasteiger partial charge in [-0.15, -0.1) is 0 Å². The van der Waals surface area contributed by atoms with E-state index >= 15 is 0 Å². The molecule has 0 atom stereocenters. The number of benzene rings is 2. The number of hydrogen-bond acceptors (Lipinski definition) is 2. The van der Waals surface area contributed by atoms with Crippen LogP contribution in [0, 0.1) is 0 Å². The van der Waals surface area contributed by atoms with Crippen molar-refractivity contribution in [1.29, 1.82) is 0 Å². The third-order valence-corrected chi connectivity index (χ3v) is 5.41. The summed E-state index contributed by atoms with van der Waals surface area (Å²) in [5, 5.41) is 10.4. The molecule has 1 aromatic heterocycles. The predicted molar refractivity (Wildman–Crippen MR) is 102 cm³/mol. The molecule has 132 valence electrons. The molecule has 1 heterocycles. The number of rotatable bonds is 4. The molecule has 0 unspecified atom stereocenters. The minimum atomic E-state index is -0.926. The fraction of sp³-hybridized carbons (Fsp3) is 0.273. The molecule has 0 spiro atoms. The molecule has 4 heteroatoms. The summed E-state index contributed by atoms with van der Waals surface area (Å²) in [6.45, 7) is 0. The summed E-state index contributed by atoms with van der Waals surface area (Å²) in [6, 6.07) is 12.9. The number of carbonyl (C=O) groups excluding carboxylic acids is 1. The summed E-state index contributed by atoms with van der Waals surface area (Å²) < 4.78 is 0. The SMILES string of the molecule is O=Cc1cccc(-c2[nH]c3cc(C(=O)O)ccc3c2C2CCCCC2)c1. The van der Waals surface area contributed by atoms with Gasteiger partial charge < -0.3 is 10.1 Å². The van der Waals surface area contributed by atoms with Crippen LogP contribution >= 0.6 is 0 Å². The van der Waals surface area contributed by atoms with Crippen LogP contribution in [0.15, 0.2) is 42.5 Å². The highest BCUT2D eigenvalue weighted by Gasteiger charge is 2.24. The van der Waals surface area contributed by atoms with Gasteiger partial charge in [0.1, 0.15) is 6.29 Å². The summed E-state index contributed by atoms with van der Waals surface area (Å²) in [6.07, 6.45) is 6.87. The van der Waals surface area contributed by atoms with E-state index < -0.39 is 5.97 Å². The number of hydrogen-bond donors (Lipinski definition) is 2. The van der Waals surface area contributed by atoms with Gasteiger partial charge in [-0.05, 0) is 48.1 Å². The van der Waals surface area contributed by atoms with Crippen LogP contribution in [0.2, 0.25) is 0 Å². The van der Waals surface area contributed by atoms with Gasteiger partial charge in [-0.25, -0.2) is 4.79 Å². The molecular weight excluding hydrogens is 326 g/mol. The fourth-order valence-corrected chi connectivity index (χ4v) is 4.16. The molecule has 0 saturated heterocycles. The lowest BCUT2D eigenvalue weighted by molar-refractivity contribution is 0.0697. The van der Waals surface area contributed by atoms with E-state index in [2.05, 4.69) is 4.98 Å². The lowest BCUT2D eigenvalue weighted by Crippen LogP contribution is -2.05. The molecule has 0 bridgehead atoms. The van der Waals surface area contributed by atoms with E-state index in [1.807, 2.05) is 24.3 Å². The van der Waals surface area contributed by atoms with Crippen LogP contribution in [0.4, 0.5) is 0 Å². The zero-order valence-corrected chi connectivity index (χ0v) is 14.5. The van der Waals surface area contributed by atoms with E-state index in [9.17, 15) is 14.7 Å². The first-order valence-electron chi connectivity index (χ1n) is 9.12. The van der Waals surface area contributed by atoms with Crippen molar-refractivity contribution < 1.29 is 14.7 Å². The highest BCUT2D eigenvalue weighted by Crippen LogP contribution is 2.42. The van der Waals surface area contributed by atoms with Crippen molar-refractivity contribution in [1.82, 2.24) is 4.98 Å². The van der Waals surface area contributed by atoms with Gasteiger partial charge >= 0.3 is 5.97 Å². The van der Waals surface area contributed by atoms with Gasteiger partial charge in [-0.2, -0.15) is 0 Å². The maximum Gasteiger partial charge on any atom is 0.335 e. The molecule has 0 amide bonds. The maximum atomic E-state index is 11.3. The molecule has 0 aliphatic heterocycles. The smallest absolute Gasteiger partial charge is 0.335 e. The van der Waals surface area contributed by atoms with Crippen LogP contribution in [0.5, 0.6) is 0 Å². The lowest BCUT2D eigenvalue weighted by atomic mass is 9.81. The normalized spacial score (nSPS) is 15.2. The van der Waals surface area contributed by atoms with Crippen LogP contribution in [0.1, 0.15) is 64.3 Å². The lowest BCUT2D eigenvalue weighted by Gasteiger charge is -2.23. The summed E-state index contributed by atoms with van der Waals surface area (Å²) in [4.78, 5) is 26.0. The maximum absolute atomic E-state index is 11.3. The van der Waals surface area contributed by atoms with Gasteiger partial charge in [0.25, 0.3) is 0 Å². The van der Waals surface area contributed by atoms with Crippen molar-refractivity contribution in [3.8, 4) is 11.3 Å². The second kappa shape index (κ2) is 6.79. The Kier molecular flexibility index (Phi) is 4.33. The quantitative estimate of drug-likeness (QED) is 0.621. The minimum Gasteiger partial charge on any atom is -0.478 e. The molecule has 4 rings (SSSR count). The fourth-order valence-electron chi connectivity index (χ4n) is 4.16. The minimum absolute atomic E-state index is 0.280. The van der Waals surface area contributed by atoms with Crippen molar-refractivity contribution in [2.75, 3.05) is 0 Å². The molecule has 1 aliphatic carbocycles. The monoisotopic (exact) mass is 347 g/mol. The Morgan fingerprint density at radius 3 is 2.62 bits per heavy atom. The highest BCUT2D eigenvalue weighted by molar-refractivity contribution is 5.97. The van der Waals surface area contributed by atoms with Gasteiger partial charge in [-0.3, -0.25) is 4.79 Å². The largest absolute Gasteiger partial charge is 0.478 e. The number of carbonyl (C=O) groups is 2. The second-order valence-corrected chi connectivity index (χ2v) is 7.06. The number of nitrogens with one attached hydrogen (secondary N) is 1. The molecule has 1 saturated carbocycles. The standard InChI is InChI=1S/C22H21NO3/c24-13-14-5-4-8-16(11-14)21-20(15-6-2-1-3-7-15)18-10-9-17(22(25)26)12-19(18)23-21/h4-5,8-13,15,23H,1-3,6-7H2,(H,25,26). The van der Waals surface area contributed by atoms with Gasteiger partial charge in [0.2, 0.25) is 0 Å². The number of aldehydes is 1. The number of H-pyrrole nitrogens is 1. The van der Waals surface area contributed by atoms with Crippen LogP contribution in [-0.4, -0.2) is 22.3 Å². The Morgan fingerprint density at radius 1 is 1.08 bits per heavy atom. The van der Waals surface area contributed by atoms with Crippen molar-refractivity contribution in [3.05, 3.63) is 59.2 Å². The molecular formula is C22H21NO3. The van der Waals surface area contributed by atoms with E-state index in [4.69, 9.17) is 0 Å². The molecule has 1 aliphatic rings. The average molecular weight is 347 g/mol. The van der Waals surface area contributed by atoms with Crippen LogP contribution in [0.3, 0.4) is 0 Å². The molecule has 2 aromatic carbocycles. The Labute approximate surface area is 151 Å². The summed E-state index contributed by atoms with van der Waals surface area (Å²) in [5.41, 5.74) is 5.02. The van der Waals surface area contributed by atoms with E-state index in [-0.39, 0.29) is 5.56 Å². The number of fused-ring (bicyclic) bond motifs is 1. The number of aromatic nitrogens is 1. The molecule has 26 heavy (non-hydrogen) atoms. The first-order valence-corrected chi connectivity index (χ1v) is 9.12. The molecule has 4 nitrogen and oxygen atoms in total. The summed E-state index contributed by atoms with van der Waals surface area (Å²) in [5.74, 6) is -0.465. The molecule has 0 radical (unpaired) electrons. The zero-order valence-electron chi connectivity index (χ0n) is 14.5. The topological polar surface area (TPSA) is 70.2 Å². The van der Waals surface area contributed by atoms with Crippen LogP contribution in [0.25, 0.3) is 22.2 Å². The first-order chi connectivity index (χ1) is 12.7. The summed E-state index contributed by atoms with van der Waals surface area (Å²) in [7, 11) is 0. The van der Waals surface area contributed by atoms with Crippen molar-refractivity contribution >= 4 is 23.2 Å². The van der Waals surface area contributed by atoms with Gasteiger partial charge in [0, 0.05) is 22.2 Å². The molecule has 3 aromatic rings. The Morgan fingerprint density at radius 2 is 1.88 bits per heavy atom. The first kappa shape index (κ1) is 16.6. The van der Waals surface area contributed by atoms with E-state index in [1.165, 1.54) is 24.8 Å². The highest BCUT2D eigenvalue weighted by atomic mass is 16.4. The average Bonchev–Trinajstić information content (AvgIpc) is 3.07. The second-order valence-electron chi connectivity index (χ2n) is 7.06. The van der Waals surface area contributed by atoms with Gasteiger partial charge in [0.15, 0.2) is 0 Å². The Balaban J connectivity index is 1.93. The van der Waals surface area contributed by atoms with Crippen molar-refractivity contribution in [3.63, 3.8) is 0 Å². The Hall–Kier alpha value is -2.88. The van der Waals surface area contributed by atoms with Crippen molar-refractivity contribution in [2.45, 2.75) is 38.0 Å². The number of aromatic amines is 1. The summed E-state index contributed by atoms with van der Waals surface area (Å²) >= 11 is 0. The third-order valence-electron chi connectivity index (χ3n) is 5.41. The number of carboxylic acid groups (broad SMARTS) is 1. The Bertz CT molecular complexity index is 980. The van der Waals surface area contributed by atoms with Crippen LogP contribution in [-0.2, 0) is 0 Å². The zero-order chi connectivity index (χ0) is 18.1. The van der Waals surface area contributed by atoms with Gasteiger partial charge in [-0.1, -0.05) is 43.5 Å². The van der Waals surface area contributed by atoms with E-state index in [0.29, 0.717) is 11.5 Å². The van der Waals surface area contributed by atoms with Crippen molar-refractivity contribution in [2.24, 2.45) is 0 Å². The predicted octanol–water partition coefficient (Wildman–Crippen LogP) is 5.39. The van der Waals surface area contributed by atoms with E-state index in [1.54, 1.807) is 18.2 Å². The number of carboxylic acids is 1. The molecule has 1 fully saturated rings.